The zero-order valence-electron chi connectivity index (χ0n) is 20.0. The number of aromatic amines is 1. The molecule has 0 fully saturated rings. The Morgan fingerprint density at radius 3 is 2.62 bits per heavy atom. The molecule has 4 aromatic rings. The highest BCUT2D eigenvalue weighted by Gasteiger charge is 2.22. The van der Waals surface area contributed by atoms with Gasteiger partial charge in [-0.3, -0.25) is 9.47 Å². The van der Waals surface area contributed by atoms with Crippen molar-refractivity contribution in [3.05, 3.63) is 90.2 Å². The van der Waals surface area contributed by atoms with E-state index in [1.54, 1.807) is 12.7 Å². The van der Waals surface area contributed by atoms with Crippen molar-refractivity contribution < 1.29 is 4.74 Å². The molecule has 5 rings (SSSR count). The van der Waals surface area contributed by atoms with Crippen molar-refractivity contribution in [3.63, 3.8) is 0 Å². The number of aryl methyl sites for hydroxylation is 1. The number of H-pyrrole nitrogens is 1. The summed E-state index contributed by atoms with van der Waals surface area (Å²) in [6.07, 6.45) is 11.5. The summed E-state index contributed by atoms with van der Waals surface area (Å²) in [5.74, 6) is 0. The van der Waals surface area contributed by atoms with Crippen molar-refractivity contribution in [2.24, 2.45) is 0 Å². The highest BCUT2D eigenvalue weighted by Crippen LogP contribution is 2.31. The van der Waals surface area contributed by atoms with Gasteiger partial charge in [-0.2, -0.15) is 0 Å². The van der Waals surface area contributed by atoms with Crippen molar-refractivity contribution >= 4 is 10.9 Å². The topological polar surface area (TPSA) is 59.0 Å². The van der Waals surface area contributed by atoms with Gasteiger partial charge in [-0.15, -0.1) is 10.2 Å². The Balaban J connectivity index is 1.19. The van der Waals surface area contributed by atoms with Gasteiger partial charge in [0.05, 0.1) is 6.10 Å². The van der Waals surface area contributed by atoms with Crippen LogP contribution in [0.2, 0.25) is 0 Å². The van der Waals surface area contributed by atoms with Crippen LogP contribution < -0.4 is 0 Å². The van der Waals surface area contributed by atoms with Crippen LogP contribution in [0.4, 0.5) is 0 Å². The summed E-state index contributed by atoms with van der Waals surface area (Å²) < 4.78 is 8.26. The summed E-state index contributed by atoms with van der Waals surface area (Å²) in [5.41, 5.74) is 6.29. The Morgan fingerprint density at radius 1 is 1.06 bits per heavy atom. The first-order valence-corrected chi connectivity index (χ1v) is 12.2. The Kier molecular flexibility index (Phi) is 6.88. The van der Waals surface area contributed by atoms with Crippen LogP contribution in [0.3, 0.4) is 0 Å². The molecule has 0 radical (unpaired) electrons. The lowest BCUT2D eigenvalue weighted by molar-refractivity contribution is 0.0240. The molecule has 1 unspecified atom stereocenters. The number of nitrogens with zero attached hydrogens (tertiary/aromatic N) is 4. The highest BCUT2D eigenvalue weighted by atomic mass is 16.5. The third kappa shape index (κ3) is 5.13. The fourth-order valence-corrected chi connectivity index (χ4v) is 4.81. The van der Waals surface area contributed by atoms with E-state index in [1.165, 1.54) is 27.6 Å². The number of ether oxygens (including phenoxy) is 1. The third-order valence-electron chi connectivity index (χ3n) is 6.56. The van der Waals surface area contributed by atoms with E-state index in [9.17, 15) is 0 Å². The first kappa shape index (κ1) is 22.6. The van der Waals surface area contributed by atoms with E-state index in [0.717, 1.165) is 44.6 Å². The molecule has 3 heterocycles. The average molecular weight is 456 g/mol. The van der Waals surface area contributed by atoms with Crippen molar-refractivity contribution in [2.75, 3.05) is 19.6 Å². The minimum absolute atomic E-state index is 0.0643. The van der Waals surface area contributed by atoms with E-state index in [-0.39, 0.29) is 12.2 Å². The monoisotopic (exact) mass is 455 g/mol. The standard InChI is InChI=1S/C28H33N5O/c1-21(2)34-28(22-7-4-3-5-8-22)23-12-15-32(16-13-23)14-6-9-24-18-29-27-11-10-25(17-26(24)27)33-19-30-31-20-33/h3-5,7-8,10-12,17-21,28-29H,6,9,13-16H2,1-2H3. The fourth-order valence-electron chi connectivity index (χ4n) is 4.81. The molecule has 6 nitrogen and oxygen atoms in total. The van der Waals surface area contributed by atoms with Crippen molar-refractivity contribution in [1.29, 1.82) is 0 Å². The molecule has 1 atom stereocenters. The zero-order valence-corrected chi connectivity index (χ0v) is 20.0. The molecule has 2 aromatic heterocycles. The first-order chi connectivity index (χ1) is 16.7. The van der Waals surface area contributed by atoms with Gasteiger partial charge in [-0.1, -0.05) is 36.4 Å². The van der Waals surface area contributed by atoms with Gasteiger partial charge >= 0.3 is 0 Å². The number of fused-ring (bicyclic) bond motifs is 1. The van der Waals surface area contributed by atoms with Crippen LogP contribution in [0.25, 0.3) is 16.6 Å². The van der Waals surface area contributed by atoms with Gasteiger partial charge in [0.25, 0.3) is 0 Å². The second-order valence-corrected chi connectivity index (χ2v) is 9.32. The SMILES string of the molecule is CC(C)OC(C1=CCN(CCCc2c[nH]c3ccc(-n4cnnc4)cc23)CC1)c1ccccc1. The Hall–Kier alpha value is -3.22. The first-order valence-electron chi connectivity index (χ1n) is 12.2. The van der Waals surface area contributed by atoms with Gasteiger partial charge in [0, 0.05) is 35.9 Å². The summed E-state index contributed by atoms with van der Waals surface area (Å²) >= 11 is 0. The van der Waals surface area contributed by atoms with Gasteiger partial charge in [-0.25, -0.2) is 0 Å². The molecule has 0 amide bonds. The third-order valence-corrected chi connectivity index (χ3v) is 6.56. The fraction of sp³-hybridized carbons (Fsp3) is 0.357. The number of benzene rings is 2. The number of hydrogen-bond acceptors (Lipinski definition) is 4. The molecule has 0 spiro atoms. The lowest BCUT2D eigenvalue weighted by Crippen LogP contribution is -2.31. The summed E-state index contributed by atoms with van der Waals surface area (Å²) in [6, 6.07) is 17.1. The molecule has 0 saturated heterocycles. The van der Waals surface area contributed by atoms with E-state index in [1.807, 2.05) is 4.57 Å². The summed E-state index contributed by atoms with van der Waals surface area (Å²) in [7, 11) is 0. The average Bonchev–Trinajstić information content (AvgIpc) is 3.54. The summed E-state index contributed by atoms with van der Waals surface area (Å²) in [4.78, 5) is 5.97. The van der Waals surface area contributed by atoms with Crippen molar-refractivity contribution in [1.82, 2.24) is 24.6 Å². The Labute approximate surface area is 201 Å². The van der Waals surface area contributed by atoms with E-state index >= 15 is 0 Å². The number of aromatic nitrogens is 4. The van der Waals surface area contributed by atoms with Crippen LogP contribution in [-0.2, 0) is 11.2 Å². The van der Waals surface area contributed by atoms with Gasteiger partial charge in [0.2, 0.25) is 0 Å². The van der Waals surface area contributed by atoms with Crippen molar-refractivity contribution in [2.45, 2.75) is 45.3 Å². The zero-order chi connectivity index (χ0) is 23.3. The molecule has 0 aliphatic carbocycles. The minimum Gasteiger partial charge on any atom is -0.366 e. The van der Waals surface area contributed by atoms with Gasteiger partial charge in [0.1, 0.15) is 18.8 Å². The molecule has 1 N–H and O–H groups in total. The molecule has 34 heavy (non-hydrogen) atoms. The number of rotatable bonds is 9. The highest BCUT2D eigenvalue weighted by molar-refractivity contribution is 5.85. The lowest BCUT2D eigenvalue weighted by atomic mass is 9.95. The summed E-state index contributed by atoms with van der Waals surface area (Å²) in [5, 5.41) is 9.13. The molecule has 0 saturated carbocycles. The van der Waals surface area contributed by atoms with E-state index in [2.05, 4.69) is 94.7 Å². The largest absolute Gasteiger partial charge is 0.366 e. The maximum absolute atomic E-state index is 6.32. The predicted molar refractivity (Wildman–Crippen MR) is 136 cm³/mol. The van der Waals surface area contributed by atoms with Crippen molar-refractivity contribution in [3.8, 4) is 5.69 Å². The van der Waals surface area contributed by atoms with Gasteiger partial charge in [-0.05, 0) is 74.6 Å². The van der Waals surface area contributed by atoms with Gasteiger partial charge in [0.15, 0.2) is 0 Å². The maximum atomic E-state index is 6.32. The molecule has 1 aliphatic heterocycles. The van der Waals surface area contributed by atoms with Crippen LogP contribution in [0.15, 0.2) is 79.0 Å². The molecular formula is C28H33N5O. The van der Waals surface area contributed by atoms with E-state index in [0.29, 0.717) is 0 Å². The predicted octanol–water partition coefficient (Wildman–Crippen LogP) is 5.48. The second kappa shape index (κ2) is 10.4. The Bertz CT molecular complexity index is 1230. The molecule has 6 heteroatoms. The van der Waals surface area contributed by atoms with Gasteiger partial charge < -0.3 is 9.72 Å². The number of nitrogens with one attached hydrogen (secondary N) is 1. The van der Waals surface area contributed by atoms with E-state index < -0.39 is 0 Å². The molecule has 176 valence electrons. The molecular weight excluding hydrogens is 422 g/mol. The van der Waals surface area contributed by atoms with Crippen LogP contribution in [0.5, 0.6) is 0 Å². The Morgan fingerprint density at radius 2 is 1.88 bits per heavy atom. The van der Waals surface area contributed by atoms with Crippen LogP contribution in [-0.4, -0.2) is 50.4 Å². The van der Waals surface area contributed by atoms with Crippen LogP contribution >= 0.6 is 0 Å². The smallest absolute Gasteiger partial charge is 0.123 e. The molecule has 2 aromatic carbocycles. The second-order valence-electron chi connectivity index (χ2n) is 9.32. The van der Waals surface area contributed by atoms with E-state index in [4.69, 9.17) is 4.74 Å². The maximum Gasteiger partial charge on any atom is 0.123 e. The lowest BCUT2D eigenvalue weighted by Gasteiger charge is -2.31. The quantitative estimate of drug-likeness (QED) is 0.340. The molecule has 0 bridgehead atoms. The van der Waals surface area contributed by atoms with Crippen LogP contribution in [0.1, 0.15) is 43.9 Å². The molecule has 1 aliphatic rings. The summed E-state index contributed by atoms with van der Waals surface area (Å²) in [6.45, 7) is 7.41. The van der Waals surface area contributed by atoms with Crippen LogP contribution in [0, 0.1) is 0 Å². The normalized spacial score (nSPS) is 15.7. The minimum atomic E-state index is 0.0643. The number of hydrogen-bond donors (Lipinski definition) is 1.